The number of benzene rings is 1. The van der Waals surface area contributed by atoms with E-state index in [-0.39, 0.29) is 5.91 Å². The molecule has 1 aromatic carbocycles. The molecule has 1 amide bonds. The highest BCUT2D eigenvalue weighted by atomic mass is 16.3. The van der Waals surface area contributed by atoms with E-state index in [1.807, 2.05) is 0 Å². The minimum atomic E-state index is -0.0746. The second-order valence-corrected chi connectivity index (χ2v) is 7.31. The molecule has 29 heavy (non-hydrogen) atoms. The van der Waals surface area contributed by atoms with Crippen LogP contribution in [0.1, 0.15) is 21.7 Å². The molecule has 2 aromatic heterocycles. The van der Waals surface area contributed by atoms with E-state index in [2.05, 4.69) is 44.3 Å². The molecule has 0 saturated carbocycles. The van der Waals surface area contributed by atoms with E-state index in [1.54, 1.807) is 23.2 Å². The SMILES string of the molecule is O=C(c1ccco1)N1CCN(c2nncc(N3CCc4ccccc4C3)n2)CC1. The Balaban J connectivity index is 1.26. The third kappa shape index (κ3) is 3.53. The lowest BCUT2D eigenvalue weighted by atomic mass is 10.0. The monoisotopic (exact) mass is 390 g/mol. The van der Waals surface area contributed by atoms with Crippen molar-refractivity contribution in [1.29, 1.82) is 0 Å². The van der Waals surface area contributed by atoms with Crippen molar-refractivity contribution >= 4 is 17.7 Å². The summed E-state index contributed by atoms with van der Waals surface area (Å²) in [7, 11) is 0. The van der Waals surface area contributed by atoms with Gasteiger partial charge in [0.05, 0.1) is 12.5 Å². The van der Waals surface area contributed by atoms with E-state index in [4.69, 9.17) is 9.40 Å². The molecule has 3 aromatic rings. The summed E-state index contributed by atoms with van der Waals surface area (Å²) in [6.07, 6.45) is 4.25. The number of piperazine rings is 1. The average molecular weight is 390 g/mol. The highest BCUT2D eigenvalue weighted by Crippen LogP contribution is 2.23. The van der Waals surface area contributed by atoms with Crippen molar-refractivity contribution < 1.29 is 9.21 Å². The summed E-state index contributed by atoms with van der Waals surface area (Å²) in [4.78, 5) is 23.3. The van der Waals surface area contributed by atoms with Crippen molar-refractivity contribution in [3.63, 3.8) is 0 Å². The summed E-state index contributed by atoms with van der Waals surface area (Å²) in [5.41, 5.74) is 2.74. The van der Waals surface area contributed by atoms with E-state index in [0.717, 1.165) is 25.3 Å². The van der Waals surface area contributed by atoms with Crippen molar-refractivity contribution in [2.45, 2.75) is 13.0 Å². The third-order valence-corrected chi connectivity index (χ3v) is 5.57. The van der Waals surface area contributed by atoms with Gasteiger partial charge in [0.1, 0.15) is 0 Å². The number of furan rings is 1. The molecule has 8 heteroatoms. The number of carbonyl (C=O) groups is 1. The Labute approximate surface area is 168 Å². The largest absolute Gasteiger partial charge is 0.459 e. The number of carbonyl (C=O) groups excluding carboxylic acids is 1. The van der Waals surface area contributed by atoms with Crippen LogP contribution >= 0.6 is 0 Å². The van der Waals surface area contributed by atoms with Gasteiger partial charge in [0, 0.05) is 39.3 Å². The molecule has 0 radical (unpaired) electrons. The molecule has 1 fully saturated rings. The molecule has 4 heterocycles. The van der Waals surface area contributed by atoms with Crippen molar-refractivity contribution in [1.82, 2.24) is 20.1 Å². The molecule has 0 spiro atoms. The molecular formula is C21H22N6O2. The molecule has 8 nitrogen and oxygen atoms in total. The Kier molecular flexibility index (Phi) is 4.59. The first kappa shape index (κ1) is 17.7. The van der Waals surface area contributed by atoms with Crippen molar-refractivity contribution in [3.05, 3.63) is 65.7 Å². The van der Waals surface area contributed by atoms with Gasteiger partial charge in [-0.1, -0.05) is 24.3 Å². The van der Waals surface area contributed by atoms with Crippen LogP contribution in [0.5, 0.6) is 0 Å². The molecule has 0 aliphatic carbocycles. The Morgan fingerprint density at radius 1 is 0.931 bits per heavy atom. The lowest BCUT2D eigenvalue weighted by Gasteiger charge is -2.34. The van der Waals surface area contributed by atoms with Gasteiger partial charge >= 0.3 is 0 Å². The summed E-state index contributed by atoms with van der Waals surface area (Å²) in [6, 6.07) is 12.0. The number of aromatic nitrogens is 3. The Bertz CT molecular complexity index is 998. The number of rotatable bonds is 3. The lowest BCUT2D eigenvalue weighted by Crippen LogP contribution is -2.49. The molecule has 5 rings (SSSR count). The van der Waals surface area contributed by atoms with Gasteiger partial charge in [0.25, 0.3) is 5.91 Å². The van der Waals surface area contributed by atoms with E-state index in [1.165, 1.54) is 17.4 Å². The topological polar surface area (TPSA) is 78.6 Å². The molecular weight excluding hydrogens is 368 g/mol. The van der Waals surface area contributed by atoms with Crippen LogP contribution in [0, 0.1) is 0 Å². The molecule has 0 bridgehead atoms. The van der Waals surface area contributed by atoms with Crippen LogP contribution in [0.15, 0.2) is 53.3 Å². The third-order valence-electron chi connectivity index (χ3n) is 5.57. The van der Waals surface area contributed by atoms with Gasteiger partial charge in [0.2, 0.25) is 5.95 Å². The molecule has 0 atom stereocenters. The summed E-state index contributed by atoms with van der Waals surface area (Å²) in [6.45, 7) is 4.29. The Morgan fingerprint density at radius 3 is 2.55 bits per heavy atom. The van der Waals surface area contributed by atoms with Crippen molar-refractivity contribution in [2.24, 2.45) is 0 Å². The number of anilines is 2. The van der Waals surface area contributed by atoms with Gasteiger partial charge in [-0.3, -0.25) is 4.79 Å². The summed E-state index contributed by atoms with van der Waals surface area (Å²) >= 11 is 0. The zero-order valence-electron chi connectivity index (χ0n) is 16.1. The van der Waals surface area contributed by atoms with Crippen LogP contribution in [0.4, 0.5) is 11.8 Å². The molecule has 2 aliphatic heterocycles. The van der Waals surface area contributed by atoms with Crippen LogP contribution in [-0.2, 0) is 13.0 Å². The fourth-order valence-corrected chi connectivity index (χ4v) is 3.93. The molecule has 2 aliphatic rings. The van der Waals surface area contributed by atoms with E-state index < -0.39 is 0 Å². The predicted molar refractivity (Wildman–Crippen MR) is 108 cm³/mol. The minimum absolute atomic E-state index is 0.0746. The predicted octanol–water partition coefficient (Wildman–Crippen LogP) is 1.99. The molecule has 0 unspecified atom stereocenters. The van der Waals surface area contributed by atoms with E-state index >= 15 is 0 Å². The average Bonchev–Trinajstić information content (AvgIpc) is 3.33. The highest BCUT2D eigenvalue weighted by molar-refractivity contribution is 5.91. The van der Waals surface area contributed by atoms with Gasteiger partial charge in [-0.25, -0.2) is 0 Å². The van der Waals surface area contributed by atoms with Crippen LogP contribution < -0.4 is 9.80 Å². The van der Waals surface area contributed by atoms with Crippen LogP contribution in [0.25, 0.3) is 0 Å². The van der Waals surface area contributed by atoms with Crippen molar-refractivity contribution in [3.8, 4) is 0 Å². The summed E-state index contributed by atoms with van der Waals surface area (Å²) < 4.78 is 5.22. The first-order chi connectivity index (χ1) is 14.3. The number of hydrogen-bond acceptors (Lipinski definition) is 7. The Hall–Kier alpha value is -3.42. The van der Waals surface area contributed by atoms with Gasteiger partial charge < -0.3 is 19.1 Å². The fourth-order valence-electron chi connectivity index (χ4n) is 3.93. The van der Waals surface area contributed by atoms with Crippen molar-refractivity contribution in [2.75, 3.05) is 42.5 Å². The molecule has 0 N–H and O–H groups in total. The first-order valence-electron chi connectivity index (χ1n) is 9.87. The zero-order valence-corrected chi connectivity index (χ0v) is 16.1. The maximum absolute atomic E-state index is 12.4. The zero-order chi connectivity index (χ0) is 19.6. The highest BCUT2D eigenvalue weighted by Gasteiger charge is 2.26. The standard InChI is InChI=1S/C21H22N6O2/c28-20(18-6-3-13-29-18)25-9-11-26(12-10-25)21-23-19(14-22-24-21)27-8-7-16-4-1-2-5-17(16)15-27/h1-6,13-14H,7-12,15H2. The fraction of sp³-hybridized carbons (Fsp3) is 0.333. The number of nitrogens with zero attached hydrogens (tertiary/aromatic N) is 6. The molecule has 148 valence electrons. The van der Waals surface area contributed by atoms with Gasteiger partial charge in [-0.15, -0.1) is 5.10 Å². The lowest BCUT2D eigenvalue weighted by molar-refractivity contribution is 0.0714. The first-order valence-corrected chi connectivity index (χ1v) is 9.87. The summed E-state index contributed by atoms with van der Waals surface area (Å²) in [5, 5.41) is 8.43. The van der Waals surface area contributed by atoms with Crippen LogP contribution in [0.2, 0.25) is 0 Å². The van der Waals surface area contributed by atoms with Crippen LogP contribution in [-0.4, -0.2) is 58.7 Å². The summed E-state index contributed by atoms with van der Waals surface area (Å²) in [5.74, 6) is 1.77. The smallest absolute Gasteiger partial charge is 0.289 e. The second kappa shape index (κ2) is 7.54. The number of amides is 1. The Morgan fingerprint density at radius 2 is 1.76 bits per heavy atom. The second-order valence-electron chi connectivity index (χ2n) is 7.31. The van der Waals surface area contributed by atoms with E-state index in [9.17, 15) is 4.79 Å². The normalized spacial score (nSPS) is 16.6. The maximum Gasteiger partial charge on any atom is 0.289 e. The number of fused-ring (bicyclic) bond motifs is 1. The van der Waals surface area contributed by atoms with E-state index in [0.29, 0.717) is 37.9 Å². The maximum atomic E-state index is 12.4. The quantitative estimate of drug-likeness (QED) is 0.677. The van der Waals surface area contributed by atoms with Crippen LogP contribution in [0.3, 0.4) is 0 Å². The van der Waals surface area contributed by atoms with Gasteiger partial charge in [-0.05, 0) is 29.7 Å². The number of hydrogen-bond donors (Lipinski definition) is 0. The van der Waals surface area contributed by atoms with Gasteiger partial charge in [0.15, 0.2) is 11.6 Å². The molecule has 1 saturated heterocycles. The van der Waals surface area contributed by atoms with Gasteiger partial charge in [-0.2, -0.15) is 10.1 Å². The minimum Gasteiger partial charge on any atom is -0.459 e.